The molecule has 36 heavy (non-hydrogen) atoms. The van der Waals surface area contributed by atoms with E-state index in [1.54, 1.807) is 7.11 Å². The number of rotatable bonds is 7. The molecule has 0 bridgehead atoms. The number of methoxy groups -OCH3 is 1. The number of anilines is 2. The maximum absolute atomic E-state index is 6.08. The molecule has 1 atom stereocenters. The number of hydrogen-bond donors (Lipinski definition) is 0. The molecule has 0 saturated carbocycles. The molecule has 1 aliphatic heterocycles. The van der Waals surface area contributed by atoms with E-state index in [1.807, 2.05) is 18.2 Å². The lowest BCUT2D eigenvalue weighted by Crippen LogP contribution is -2.49. The number of hydrogen-bond acceptors (Lipinski definition) is 4. The molecule has 0 N–H and O–H groups in total. The molecule has 4 nitrogen and oxygen atoms in total. The first-order chi connectivity index (χ1) is 17.5. The normalized spacial score (nSPS) is 16.8. The predicted octanol–water partition coefficient (Wildman–Crippen LogP) is 6.67. The molecule has 0 spiro atoms. The van der Waals surface area contributed by atoms with Crippen LogP contribution in [0.4, 0.5) is 11.4 Å². The molecule has 0 aliphatic carbocycles. The highest BCUT2D eigenvalue weighted by Gasteiger charge is 2.40. The van der Waals surface area contributed by atoms with E-state index in [0.29, 0.717) is 6.61 Å². The molecule has 0 fully saturated rings. The van der Waals surface area contributed by atoms with Gasteiger partial charge in [0.05, 0.1) is 12.6 Å². The van der Waals surface area contributed by atoms with E-state index >= 15 is 0 Å². The molecule has 4 aromatic rings. The van der Waals surface area contributed by atoms with Gasteiger partial charge < -0.3 is 19.3 Å². The van der Waals surface area contributed by atoms with Crippen molar-refractivity contribution in [2.24, 2.45) is 0 Å². The zero-order chi connectivity index (χ0) is 25.1. The summed E-state index contributed by atoms with van der Waals surface area (Å²) in [6.07, 6.45) is 0.965. The van der Waals surface area contributed by atoms with Crippen LogP contribution in [0.25, 0.3) is 0 Å². The van der Waals surface area contributed by atoms with Crippen molar-refractivity contribution >= 4 is 11.4 Å². The lowest BCUT2D eigenvalue weighted by Gasteiger charge is -2.48. The minimum absolute atomic E-state index is 0.344. The summed E-state index contributed by atoms with van der Waals surface area (Å²) in [5.41, 5.74) is 7.10. The van der Waals surface area contributed by atoms with Gasteiger partial charge in [0.1, 0.15) is 18.1 Å². The van der Waals surface area contributed by atoms with Gasteiger partial charge in [-0.2, -0.15) is 0 Å². The zero-order valence-corrected chi connectivity index (χ0v) is 21.6. The molecule has 4 aromatic carbocycles. The number of nitrogens with zero attached hydrogens (tertiary/aromatic N) is 2. The van der Waals surface area contributed by atoms with Crippen LogP contribution in [0, 0.1) is 0 Å². The van der Waals surface area contributed by atoms with Gasteiger partial charge in [0.2, 0.25) is 0 Å². The molecular formula is C32H34N2O2. The van der Waals surface area contributed by atoms with Crippen molar-refractivity contribution < 1.29 is 9.47 Å². The highest BCUT2D eigenvalue weighted by Crippen LogP contribution is 2.45. The van der Waals surface area contributed by atoms with Crippen LogP contribution < -0.4 is 19.3 Å². The quantitative estimate of drug-likeness (QED) is 0.296. The Morgan fingerprint density at radius 1 is 0.833 bits per heavy atom. The van der Waals surface area contributed by atoms with E-state index in [4.69, 9.17) is 9.47 Å². The first-order valence-corrected chi connectivity index (χ1v) is 12.5. The molecule has 5 rings (SSSR count). The summed E-state index contributed by atoms with van der Waals surface area (Å²) in [5, 5.41) is 0. The van der Waals surface area contributed by atoms with Gasteiger partial charge >= 0.3 is 0 Å². The second kappa shape index (κ2) is 9.98. The van der Waals surface area contributed by atoms with Crippen molar-refractivity contribution in [2.45, 2.75) is 25.5 Å². The topological polar surface area (TPSA) is 24.9 Å². The second-order valence-electron chi connectivity index (χ2n) is 9.71. The smallest absolute Gasteiger partial charge is 0.119 e. The molecule has 4 heteroatoms. The zero-order valence-electron chi connectivity index (χ0n) is 21.6. The highest BCUT2D eigenvalue weighted by atomic mass is 16.5. The summed E-state index contributed by atoms with van der Waals surface area (Å²) in [7, 11) is 5.91. The summed E-state index contributed by atoms with van der Waals surface area (Å²) >= 11 is 0. The van der Waals surface area contributed by atoms with Crippen LogP contribution in [0.15, 0.2) is 97.1 Å². The van der Waals surface area contributed by atoms with E-state index in [1.165, 1.54) is 28.1 Å². The molecule has 0 amide bonds. The van der Waals surface area contributed by atoms with Crippen molar-refractivity contribution in [2.75, 3.05) is 37.5 Å². The monoisotopic (exact) mass is 478 g/mol. The summed E-state index contributed by atoms with van der Waals surface area (Å²) in [4.78, 5) is 4.69. The van der Waals surface area contributed by atoms with Crippen molar-refractivity contribution in [1.82, 2.24) is 0 Å². The number of benzene rings is 4. The summed E-state index contributed by atoms with van der Waals surface area (Å²) in [6, 6.07) is 34.2. The van der Waals surface area contributed by atoms with Crippen LogP contribution in [0.3, 0.4) is 0 Å². The Kier molecular flexibility index (Phi) is 6.60. The van der Waals surface area contributed by atoms with E-state index in [2.05, 4.69) is 110 Å². The van der Waals surface area contributed by atoms with Crippen LogP contribution >= 0.6 is 0 Å². The fraction of sp³-hybridized carbons (Fsp3) is 0.250. The molecule has 184 valence electrons. The Bertz CT molecular complexity index is 1320. The predicted molar refractivity (Wildman–Crippen MR) is 148 cm³/mol. The van der Waals surface area contributed by atoms with Gasteiger partial charge in [-0.15, -0.1) is 0 Å². The number of fused-ring (bicyclic) bond motifs is 1. The van der Waals surface area contributed by atoms with Crippen LogP contribution in [0.5, 0.6) is 11.5 Å². The maximum atomic E-state index is 6.08. The van der Waals surface area contributed by atoms with Crippen molar-refractivity contribution in [3.05, 3.63) is 119 Å². The third-order valence-electron chi connectivity index (χ3n) is 7.30. The Morgan fingerprint density at radius 2 is 1.58 bits per heavy atom. The highest BCUT2D eigenvalue weighted by molar-refractivity contribution is 5.65. The minimum Gasteiger partial charge on any atom is -0.497 e. The lowest BCUT2D eigenvalue weighted by atomic mass is 9.76. The fourth-order valence-electron chi connectivity index (χ4n) is 5.23. The van der Waals surface area contributed by atoms with E-state index < -0.39 is 0 Å². The first-order valence-electron chi connectivity index (χ1n) is 12.5. The number of ether oxygens (including phenoxy) is 2. The SMILES string of the molecule is COc1ccc2c(c1)CCN(c1cccc(N(C)C)c1)C2(C)c1ccc(OCc2ccccc2)cc1. The summed E-state index contributed by atoms with van der Waals surface area (Å²) in [6.45, 7) is 3.81. The van der Waals surface area contributed by atoms with Crippen LogP contribution in [0.1, 0.15) is 29.2 Å². The van der Waals surface area contributed by atoms with Gasteiger partial charge in [0.15, 0.2) is 0 Å². The lowest BCUT2D eigenvalue weighted by molar-refractivity contribution is 0.306. The van der Waals surface area contributed by atoms with Crippen molar-refractivity contribution in [3.63, 3.8) is 0 Å². The molecule has 0 aromatic heterocycles. The Morgan fingerprint density at radius 3 is 2.31 bits per heavy atom. The third kappa shape index (κ3) is 4.51. The molecule has 1 unspecified atom stereocenters. The molecule has 0 saturated heterocycles. The second-order valence-corrected chi connectivity index (χ2v) is 9.71. The van der Waals surface area contributed by atoms with Gasteiger partial charge in [-0.3, -0.25) is 0 Å². The Hall–Kier alpha value is -3.92. The van der Waals surface area contributed by atoms with Gasteiger partial charge in [-0.25, -0.2) is 0 Å². The average Bonchev–Trinajstić information content (AvgIpc) is 2.92. The minimum atomic E-state index is -0.344. The first kappa shape index (κ1) is 23.8. The van der Waals surface area contributed by atoms with E-state index in [9.17, 15) is 0 Å². The third-order valence-corrected chi connectivity index (χ3v) is 7.30. The van der Waals surface area contributed by atoms with Crippen LogP contribution in [-0.4, -0.2) is 27.7 Å². The van der Waals surface area contributed by atoms with Crippen LogP contribution in [0.2, 0.25) is 0 Å². The average molecular weight is 479 g/mol. The summed E-state index contributed by atoms with van der Waals surface area (Å²) in [5.74, 6) is 1.78. The van der Waals surface area contributed by atoms with Crippen LogP contribution in [-0.2, 0) is 18.6 Å². The van der Waals surface area contributed by atoms with Gasteiger partial charge in [-0.05, 0) is 78.1 Å². The molecule has 0 radical (unpaired) electrons. The van der Waals surface area contributed by atoms with Crippen molar-refractivity contribution in [3.8, 4) is 11.5 Å². The van der Waals surface area contributed by atoms with Gasteiger partial charge in [0.25, 0.3) is 0 Å². The Labute approximate surface area is 214 Å². The molecule has 1 aliphatic rings. The molecule has 1 heterocycles. The van der Waals surface area contributed by atoms with Gasteiger partial charge in [0, 0.05) is 32.0 Å². The molecular weight excluding hydrogens is 444 g/mol. The van der Waals surface area contributed by atoms with Gasteiger partial charge in [-0.1, -0.05) is 54.6 Å². The summed E-state index contributed by atoms with van der Waals surface area (Å²) < 4.78 is 11.6. The standard InChI is InChI=1S/C32H34N2O2/c1-32(26-13-15-29(16-14-26)36-23-24-9-6-5-7-10-24)31-18-17-30(35-4)21-25(31)19-20-34(32)28-12-8-11-27(22-28)33(2)3/h5-18,21-22H,19-20,23H2,1-4H3. The van der Waals surface area contributed by atoms with E-state index in [0.717, 1.165) is 30.0 Å². The fourth-order valence-corrected chi connectivity index (χ4v) is 5.23. The van der Waals surface area contributed by atoms with E-state index in [-0.39, 0.29) is 5.54 Å². The van der Waals surface area contributed by atoms with Crippen molar-refractivity contribution in [1.29, 1.82) is 0 Å². The maximum Gasteiger partial charge on any atom is 0.119 e. The Balaban J connectivity index is 1.53. The largest absolute Gasteiger partial charge is 0.497 e.